The number of nitrogens with one attached hydrogen (secondary N) is 1. The molecule has 0 aliphatic carbocycles. The van der Waals surface area contributed by atoms with E-state index in [-0.39, 0.29) is 0 Å². The molecule has 1 heterocycles. The molecular formula is C14H18N2O2S2. The molecule has 2 rings (SSSR count). The van der Waals surface area contributed by atoms with Crippen molar-refractivity contribution in [2.75, 3.05) is 6.54 Å². The van der Waals surface area contributed by atoms with Gasteiger partial charge < -0.3 is 5.73 Å². The largest absolute Gasteiger partial charge is 0.326 e. The smallest absolute Gasteiger partial charge is 0.241 e. The highest BCUT2D eigenvalue weighted by molar-refractivity contribution is 7.89. The monoisotopic (exact) mass is 310 g/mol. The van der Waals surface area contributed by atoms with E-state index in [1.807, 2.05) is 30.3 Å². The van der Waals surface area contributed by atoms with Crippen LogP contribution in [0.15, 0.2) is 46.7 Å². The van der Waals surface area contributed by atoms with Gasteiger partial charge >= 0.3 is 0 Å². The van der Waals surface area contributed by atoms with E-state index in [1.165, 1.54) is 16.9 Å². The summed E-state index contributed by atoms with van der Waals surface area (Å²) >= 11 is 1.37. The number of thiophene rings is 1. The van der Waals surface area contributed by atoms with Crippen LogP contribution in [-0.4, -0.2) is 15.0 Å². The Morgan fingerprint density at radius 2 is 1.95 bits per heavy atom. The van der Waals surface area contributed by atoms with Crippen molar-refractivity contribution in [1.29, 1.82) is 0 Å². The minimum atomic E-state index is -3.40. The fourth-order valence-electron chi connectivity index (χ4n) is 1.84. The summed E-state index contributed by atoms with van der Waals surface area (Å²) in [5, 5.41) is 1.63. The summed E-state index contributed by atoms with van der Waals surface area (Å²) in [5.74, 6) is 0. The number of aryl methyl sites for hydroxylation is 1. The number of nitrogens with two attached hydrogens (primary N) is 1. The van der Waals surface area contributed by atoms with Crippen LogP contribution >= 0.6 is 11.3 Å². The standard InChI is InChI=1S/C14H18N2O2S2/c15-10-13-9-14(11-19-13)20(17,18)16-8-4-7-12-5-2-1-3-6-12/h1-3,5-6,9,11,16H,4,7-8,10,15H2. The van der Waals surface area contributed by atoms with Crippen molar-refractivity contribution >= 4 is 21.4 Å². The van der Waals surface area contributed by atoms with Gasteiger partial charge in [-0.05, 0) is 24.5 Å². The minimum Gasteiger partial charge on any atom is -0.326 e. The molecule has 0 saturated carbocycles. The highest BCUT2D eigenvalue weighted by atomic mass is 32.2. The highest BCUT2D eigenvalue weighted by Gasteiger charge is 2.15. The van der Waals surface area contributed by atoms with Crippen LogP contribution in [0, 0.1) is 0 Å². The Hall–Kier alpha value is -1.21. The van der Waals surface area contributed by atoms with E-state index in [4.69, 9.17) is 5.73 Å². The first-order valence-corrected chi connectivity index (χ1v) is 8.79. The van der Waals surface area contributed by atoms with Gasteiger partial charge in [-0.3, -0.25) is 0 Å². The third kappa shape index (κ3) is 4.14. The molecule has 0 fully saturated rings. The summed E-state index contributed by atoms with van der Waals surface area (Å²) in [4.78, 5) is 1.18. The van der Waals surface area contributed by atoms with Gasteiger partial charge in [-0.25, -0.2) is 13.1 Å². The zero-order valence-electron chi connectivity index (χ0n) is 11.1. The van der Waals surface area contributed by atoms with Crippen molar-refractivity contribution in [2.24, 2.45) is 5.73 Å². The van der Waals surface area contributed by atoms with E-state index in [0.29, 0.717) is 18.0 Å². The summed E-state index contributed by atoms with van der Waals surface area (Å²) < 4.78 is 26.7. The first kappa shape index (κ1) is 15.2. The summed E-state index contributed by atoms with van der Waals surface area (Å²) in [6, 6.07) is 11.7. The lowest BCUT2D eigenvalue weighted by Crippen LogP contribution is -2.24. The van der Waals surface area contributed by atoms with Crippen LogP contribution in [0.2, 0.25) is 0 Å². The fourth-order valence-corrected chi connectivity index (χ4v) is 4.07. The van der Waals surface area contributed by atoms with Crippen molar-refractivity contribution in [3.63, 3.8) is 0 Å². The highest BCUT2D eigenvalue weighted by Crippen LogP contribution is 2.18. The van der Waals surface area contributed by atoms with Gasteiger partial charge in [0, 0.05) is 23.3 Å². The van der Waals surface area contributed by atoms with Gasteiger partial charge in [0.15, 0.2) is 0 Å². The topological polar surface area (TPSA) is 72.2 Å². The number of hydrogen-bond acceptors (Lipinski definition) is 4. The molecule has 0 spiro atoms. The molecule has 0 aliphatic heterocycles. The maximum absolute atomic E-state index is 12.0. The van der Waals surface area contributed by atoms with Gasteiger partial charge in [-0.15, -0.1) is 11.3 Å². The zero-order chi connectivity index (χ0) is 14.4. The molecule has 6 heteroatoms. The van der Waals surface area contributed by atoms with Crippen molar-refractivity contribution in [2.45, 2.75) is 24.3 Å². The maximum atomic E-state index is 12.0. The molecule has 1 aromatic heterocycles. The van der Waals surface area contributed by atoms with E-state index in [9.17, 15) is 8.42 Å². The summed E-state index contributed by atoms with van der Waals surface area (Å²) in [6.07, 6.45) is 1.64. The van der Waals surface area contributed by atoms with Gasteiger partial charge in [0.2, 0.25) is 10.0 Å². The third-order valence-corrected chi connectivity index (χ3v) is 5.47. The van der Waals surface area contributed by atoms with Crippen LogP contribution < -0.4 is 10.5 Å². The lowest BCUT2D eigenvalue weighted by Gasteiger charge is -2.05. The molecule has 0 radical (unpaired) electrons. The summed E-state index contributed by atoms with van der Waals surface area (Å²) in [7, 11) is -3.40. The minimum absolute atomic E-state index is 0.308. The molecule has 0 unspecified atom stereocenters. The summed E-state index contributed by atoms with van der Waals surface area (Å²) in [6.45, 7) is 0.805. The van der Waals surface area contributed by atoms with E-state index >= 15 is 0 Å². The quantitative estimate of drug-likeness (QED) is 0.769. The Labute approximate surface area is 123 Å². The Bertz CT molecular complexity index is 636. The van der Waals surface area contributed by atoms with Crippen molar-refractivity contribution in [3.05, 3.63) is 52.2 Å². The van der Waals surface area contributed by atoms with Gasteiger partial charge in [0.25, 0.3) is 0 Å². The van der Waals surface area contributed by atoms with E-state index < -0.39 is 10.0 Å². The number of hydrogen-bond donors (Lipinski definition) is 2. The van der Waals surface area contributed by atoms with Gasteiger partial charge in [-0.2, -0.15) is 0 Å². The van der Waals surface area contributed by atoms with Gasteiger partial charge in [-0.1, -0.05) is 30.3 Å². The van der Waals surface area contributed by atoms with Crippen LogP contribution in [0.3, 0.4) is 0 Å². The second kappa shape index (κ2) is 6.99. The maximum Gasteiger partial charge on any atom is 0.241 e. The van der Waals surface area contributed by atoms with Crippen LogP contribution in [0.25, 0.3) is 0 Å². The van der Waals surface area contributed by atoms with Crippen LogP contribution in [0.1, 0.15) is 16.9 Å². The predicted octanol–water partition coefficient (Wildman–Crippen LogP) is 2.12. The van der Waals surface area contributed by atoms with Crippen LogP contribution in [-0.2, 0) is 23.0 Å². The Kier molecular flexibility index (Phi) is 5.31. The normalized spacial score (nSPS) is 11.7. The lowest BCUT2D eigenvalue weighted by atomic mass is 10.1. The molecule has 1 aromatic carbocycles. The van der Waals surface area contributed by atoms with Crippen molar-refractivity contribution < 1.29 is 8.42 Å². The first-order chi connectivity index (χ1) is 9.62. The molecule has 0 saturated heterocycles. The van der Waals surface area contributed by atoms with Crippen molar-refractivity contribution in [3.8, 4) is 0 Å². The molecule has 4 nitrogen and oxygen atoms in total. The third-order valence-electron chi connectivity index (χ3n) is 2.92. The molecule has 3 N–H and O–H groups in total. The zero-order valence-corrected chi connectivity index (χ0v) is 12.7. The van der Waals surface area contributed by atoms with E-state index in [1.54, 1.807) is 11.4 Å². The first-order valence-electron chi connectivity index (χ1n) is 6.43. The average Bonchev–Trinajstić information content (AvgIpc) is 2.95. The summed E-state index contributed by atoms with van der Waals surface area (Å²) in [5.41, 5.74) is 6.70. The van der Waals surface area contributed by atoms with Gasteiger partial charge in [0.05, 0.1) is 4.90 Å². The SMILES string of the molecule is NCc1cc(S(=O)(=O)NCCCc2ccccc2)cs1. The number of rotatable bonds is 7. The predicted molar refractivity (Wildman–Crippen MR) is 82.2 cm³/mol. The molecule has 0 amide bonds. The van der Waals surface area contributed by atoms with Crippen LogP contribution in [0.5, 0.6) is 0 Å². The average molecular weight is 310 g/mol. The number of benzene rings is 1. The van der Waals surface area contributed by atoms with Crippen molar-refractivity contribution in [1.82, 2.24) is 4.72 Å². The molecular weight excluding hydrogens is 292 g/mol. The molecule has 2 aromatic rings. The second-order valence-electron chi connectivity index (χ2n) is 4.44. The Balaban J connectivity index is 1.84. The molecule has 0 aliphatic rings. The number of sulfonamides is 1. The lowest BCUT2D eigenvalue weighted by molar-refractivity contribution is 0.579. The Morgan fingerprint density at radius 3 is 2.60 bits per heavy atom. The van der Waals surface area contributed by atoms with Crippen LogP contribution in [0.4, 0.5) is 0 Å². The fraction of sp³-hybridized carbons (Fsp3) is 0.286. The molecule has 0 bridgehead atoms. The Morgan fingerprint density at radius 1 is 1.20 bits per heavy atom. The van der Waals surface area contributed by atoms with E-state index in [0.717, 1.165) is 17.7 Å². The molecule has 20 heavy (non-hydrogen) atoms. The van der Waals surface area contributed by atoms with Gasteiger partial charge in [0.1, 0.15) is 0 Å². The second-order valence-corrected chi connectivity index (χ2v) is 7.20. The molecule has 0 atom stereocenters. The van der Waals surface area contributed by atoms with E-state index in [2.05, 4.69) is 4.72 Å². The molecule has 108 valence electrons.